The number of fused-ring (bicyclic) bond motifs is 1. The molecule has 0 saturated heterocycles. The van der Waals surface area contributed by atoms with Crippen LogP contribution in [-0.4, -0.2) is 68.0 Å². The zero-order chi connectivity index (χ0) is 34.9. The first-order chi connectivity index (χ1) is 23.7. The van der Waals surface area contributed by atoms with Crippen LogP contribution in [0.25, 0.3) is 5.69 Å². The molecule has 3 amide bonds. The van der Waals surface area contributed by atoms with E-state index in [0.717, 1.165) is 69.8 Å². The van der Waals surface area contributed by atoms with Gasteiger partial charge in [0.25, 0.3) is 11.8 Å². The van der Waals surface area contributed by atoms with E-state index in [2.05, 4.69) is 25.2 Å². The van der Waals surface area contributed by atoms with Crippen molar-refractivity contribution in [1.29, 1.82) is 0 Å². The van der Waals surface area contributed by atoms with Crippen molar-refractivity contribution in [2.75, 3.05) is 25.0 Å². The highest BCUT2D eigenvalue weighted by atomic mass is 16.4. The fraction of sp³-hybridized carbons (Fsp3) is 0.513. The molecule has 3 aromatic rings. The van der Waals surface area contributed by atoms with Gasteiger partial charge in [-0.25, -0.2) is 4.68 Å². The lowest BCUT2D eigenvalue weighted by Crippen LogP contribution is -2.36. The average Bonchev–Trinajstić information content (AvgIpc) is 3.51. The minimum Gasteiger partial charge on any atom is -0.481 e. The Morgan fingerprint density at radius 1 is 0.959 bits per heavy atom. The number of aryl methyl sites for hydroxylation is 1. The SMILES string of the molecule is CCCCN(CCCC)C(=O)c1cc(C)n(-c2ccc(NC(=O)C(CC(=O)O)C3CCCCC3)cc2C(=O)N2CCc3ccccc3C2)n1. The highest BCUT2D eigenvalue weighted by Crippen LogP contribution is 2.33. The number of unbranched alkanes of at least 4 members (excludes halogenated alkanes) is 2. The summed E-state index contributed by atoms with van der Waals surface area (Å²) >= 11 is 0. The Hall–Kier alpha value is -4.47. The van der Waals surface area contributed by atoms with Gasteiger partial charge in [-0.3, -0.25) is 19.2 Å². The number of carbonyl (C=O) groups excluding carboxylic acids is 3. The van der Waals surface area contributed by atoms with Crippen molar-refractivity contribution < 1.29 is 24.3 Å². The number of nitrogens with zero attached hydrogens (tertiary/aromatic N) is 4. The molecule has 1 atom stereocenters. The highest BCUT2D eigenvalue weighted by molar-refractivity contribution is 6.01. The number of hydrogen-bond acceptors (Lipinski definition) is 5. The third kappa shape index (κ3) is 8.77. The fourth-order valence-electron chi connectivity index (χ4n) is 7.24. The van der Waals surface area contributed by atoms with Gasteiger partial charge in [-0.15, -0.1) is 0 Å². The molecule has 1 fully saturated rings. The summed E-state index contributed by atoms with van der Waals surface area (Å²) in [6.45, 7) is 8.41. The molecule has 2 aromatic carbocycles. The minimum absolute atomic E-state index is 0.00976. The Kier molecular flexibility index (Phi) is 12.3. The van der Waals surface area contributed by atoms with E-state index in [4.69, 9.17) is 5.10 Å². The van der Waals surface area contributed by atoms with E-state index in [-0.39, 0.29) is 30.1 Å². The smallest absolute Gasteiger partial charge is 0.304 e. The summed E-state index contributed by atoms with van der Waals surface area (Å²) in [5, 5.41) is 17.4. The summed E-state index contributed by atoms with van der Waals surface area (Å²) in [5.74, 6) is -2.30. The summed E-state index contributed by atoms with van der Waals surface area (Å²) in [4.78, 5) is 57.1. The van der Waals surface area contributed by atoms with Crippen molar-refractivity contribution in [3.63, 3.8) is 0 Å². The fourth-order valence-corrected chi connectivity index (χ4v) is 7.24. The monoisotopic (exact) mass is 669 g/mol. The van der Waals surface area contributed by atoms with Crippen LogP contribution < -0.4 is 5.32 Å². The topological polar surface area (TPSA) is 125 Å². The minimum atomic E-state index is -0.996. The van der Waals surface area contributed by atoms with Crippen molar-refractivity contribution in [2.45, 2.75) is 97.9 Å². The van der Waals surface area contributed by atoms with Crippen LogP contribution >= 0.6 is 0 Å². The molecule has 1 aliphatic heterocycles. The maximum Gasteiger partial charge on any atom is 0.304 e. The van der Waals surface area contributed by atoms with E-state index in [1.807, 2.05) is 34.9 Å². The van der Waals surface area contributed by atoms with E-state index in [1.165, 1.54) is 5.56 Å². The third-order valence-corrected chi connectivity index (χ3v) is 10.0. The molecule has 1 unspecified atom stereocenters. The molecule has 2 N–H and O–H groups in total. The lowest BCUT2D eigenvalue weighted by Gasteiger charge is -2.30. The Labute approximate surface area is 289 Å². The van der Waals surface area contributed by atoms with E-state index >= 15 is 0 Å². The Morgan fingerprint density at radius 3 is 2.33 bits per heavy atom. The van der Waals surface area contributed by atoms with Gasteiger partial charge in [0.05, 0.1) is 23.6 Å². The third-order valence-electron chi connectivity index (χ3n) is 10.0. The summed E-state index contributed by atoms with van der Waals surface area (Å²) in [7, 11) is 0. The second-order valence-electron chi connectivity index (χ2n) is 13.7. The van der Waals surface area contributed by atoms with Gasteiger partial charge in [-0.05, 0) is 80.3 Å². The Bertz CT molecular complexity index is 1630. The van der Waals surface area contributed by atoms with Crippen molar-refractivity contribution in [3.8, 4) is 5.69 Å². The number of rotatable bonds is 14. The maximum atomic E-state index is 14.4. The number of hydrogen-bond donors (Lipinski definition) is 2. The van der Waals surface area contributed by atoms with Gasteiger partial charge in [-0.1, -0.05) is 70.2 Å². The van der Waals surface area contributed by atoms with Crippen molar-refractivity contribution >= 4 is 29.4 Å². The number of carboxylic acids is 1. The molecule has 0 spiro atoms. The predicted molar refractivity (Wildman–Crippen MR) is 190 cm³/mol. The highest BCUT2D eigenvalue weighted by Gasteiger charge is 2.32. The second kappa shape index (κ2) is 16.8. The van der Waals surface area contributed by atoms with Crippen LogP contribution in [0.5, 0.6) is 0 Å². The summed E-state index contributed by atoms with van der Waals surface area (Å²) in [5.41, 5.74) is 4.65. The molecular weight excluding hydrogens is 618 g/mol. The van der Waals surface area contributed by atoms with Gasteiger partial charge in [0, 0.05) is 37.6 Å². The number of nitrogens with one attached hydrogen (secondary N) is 1. The Balaban J connectivity index is 1.49. The molecule has 1 saturated carbocycles. The van der Waals surface area contributed by atoms with Crippen LogP contribution in [0.3, 0.4) is 0 Å². The van der Waals surface area contributed by atoms with E-state index in [0.29, 0.717) is 54.5 Å². The molecule has 0 bridgehead atoms. The first kappa shape index (κ1) is 35.8. The van der Waals surface area contributed by atoms with Crippen LogP contribution in [0.2, 0.25) is 0 Å². The molecule has 2 heterocycles. The molecule has 49 heavy (non-hydrogen) atoms. The lowest BCUT2D eigenvalue weighted by atomic mass is 9.78. The molecular formula is C39H51N5O5. The maximum absolute atomic E-state index is 14.4. The van der Waals surface area contributed by atoms with Gasteiger partial charge < -0.3 is 20.2 Å². The molecule has 2 aliphatic rings. The van der Waals surface area contributed by atoms with Gasteiger partial charge in [0.1, 0.15) is 0 Å². The van der Waals surface area contributed by atoms with E-state index < -0.39 is 11.9 Å². The molecule has 10 nitrogen and oxygen atoms in total. The number of anilines is 1. The molecule has 1 aromatic heterocycles. The quantitative estimate of drug-likeness (QED) is 0.190. The van der Waals surface area contributed by atoms with Gasteiger partial charge in [0.15, 0.2) is 5.69 Å². The molecule has 262 valence electrons. The largest absolute Gasteiger partial charge is 0.481 e. The summed E-state index contributed by atoms with van der Waals surface area (Å²) < 4.78 is 1.65. The second-order valence-corrected chi connectivity index (χ2v) is 13.7. The summed E-state index contributed by atoms with van der Waals surface area (Å²) in [6, 6.07) is 15.0. The number of amides is 3. The van der Waals surface area contributed by atoms with Crippen molar-refractivity contribution in [2.24, 2.45) is 11.8 Å². The number of aromatic nitrogens is 2. The summed E-state index contributed by atoms with van der Waals surface area (Å²) in [6.07, 6.45) is 9.03. The molecule has 0 radical (unpaired) electrons. The first-order valence-corrected chi connectivity index (χ1v) is 18.1. The van der Waals surface area contributed by atoms with Crippen LogP contribution in [-0.2, 0) is 22.6 Å². The molecule has 5 rings (SSSR count). The van der Waals surface area contributed by atoms with Crippen molar-refractivity contribution in [3.05, 3.63) is 76.6 Å². The van der Waals surface area contributed by atoms with Gasteiger partial charge in [-0.2, -0.15) is 5.10 Å². The molecule has 1 aliphatic carbocycles. The Morgan fingerprint density at radius 2 is 1.65 bits per heavy atom. The van der Waals surface area contributed by atoms with Crippen LogP contribution in [0.4, 0.5) is 5.69 Å². The van der Waals surface area contributed by atoms with Gasteiger partial charge in [0.2, 0.25) is 5.91 Å². The van der Waals surface area contributed by atoms with Crippen LogP contribution in [0, 0.1) is 18.8 Å². The van der Waals surface area contributed by atoms with Crippen LogP contribution in [0.15, 0.2) is 48.5 Å². The predicted octanol–water partition coefficient (Wildman–Crippen LogP) is 7.03. The average molecular weight is 670 g/mol. The van der Waals surface area contributed by atoms with E-state index in [1.54, 1.807) is 28.9 Å². The van der Waals surface area contributed by atoms with E-state index in [9.17, 15) is 24.3 Å². The number of carbonyl (C=O) groups is 4. The number of aliphatic carboxylic acids is 1. The molecule has 10 heteroatoms. The first-order valence-electron chi connectivity index (χ1n) is 18.1. The van der Waals surface area contributed by atoms with Gasteiger partial charge >= 0.3 is 5.97 Å². The normalized spacial score (nSPS) is 15.4. The standard InChI is InChI=1S/C39H51N5O5/c1-4-6-20-42(21-7-5-2)39(49)34-23-27(3)44(41-34)35-18-17-31(40-37(47)32(25-36(45)46)29-14-9-8-10-15-29)24-33(35)38(48)43-22-19-28-13-11-12-16-30(28)26-43/h11-13,16-18,23-24,29,32H,4-10,14-15,19-22,25-26H2,1-3H3,(H,40,47)(H,45,46). The zero-order valence-electron chi connectivity index (χ0n) is 29.2. The number of carboxylic acid groups (broad SMARTS) is 1. The van der Waals surface area contributed by atoms with Crippen LogP contribution in [0.1, 0.15) is 116 Å². The lowest BCUT2D eigenvalue weighted by molar-refractivity contribution is -0.141. The zero-order valence-corrected chi connectivity index (χ0v) is 29.2. The van der Waals surface area contributed by atoms with Crippen molar-refractivity contribution in [1.82, 2.24) is 19.6 Å². The number of benzene rings is 2.